The van der Waals surface area contributed by atoms with E-state index in [9.17, 15) is 13.7 Å². The van der Waals surface area contributed by atoms with Crippen molar-refractivity contribution in [2.45, 2.75) is 38.0 Å². The van der Waals surface area contributed by atoms with Gasteiger partial charge in [-0.25, -0.2) is 13.4 Å². The number of aryl methyl sites for hydroxylation is 2. The van der Waals surface area contributed by atoms with Crippen molar-refractivity contribution >= 4 is 20.9 Å². The van der Waals surface area contributed by atoms with Crippen molar-refractivity contribution in [3.8, 4) is 17.6 Å². The average Bonchev–Trinajstić information content (AvgIpc) is 2.96. The van der Waals surface area contributed by atoms with Crippen LogP contribution in [0, 0.1) is 18.3 Å². The van der Waals surface area contributed by atoms with Gasteiger partial charge in [0.2, 0.25) is 0 Å². The maximum Gasteiger partial charge on any atom is 0.180 e. The van der Waals surface area contributed by atoms with Crippen LogP contribution in [0.2, 0.25) is 0 Å². The summed E-state index contributed by atoms with van der Waals surface area (Å²) in [6.07, 6.45) is 3.26. The molecule has 0 spiro atoms. The lowest BCUT2D eigenvalue weighted by Gasteiger charge is -2.18. The molecular formula is C19H21N5O2S. The number of aromatic nitrogens is 4. The van der Waals surface area contributed by atoms with E-state index in [2.05, 4.69) is 21.0 Å². The zero-order chi connectivity index (χ0) is 20.0. The van der Waals surface area contributed by atoms with Crippen LogP contribution in [-0.2, 0) is 22.3 Å². The van der Waals surface area contributed by atoms with E-state index in [-0.39, 0.29) is 16.3 Å². The third-order valence-electron chi connectivity index (χ3n) is 4.68. The summed E-state index contributed by atoms with van der Waals surface area (Å²) in [7, 11) is -1.77. The molecule has 0 aliphatic rings. The monoisotopic (exact) mass is 383 g/mol. The molecule has 7 nitrogen and oxygen atoms in total. The first-order valence-corrected chi connectivity index (χ1v) is 10.2. The van der Waals surface area contributed by atoms with Gasteiger partial charge in [-0.2, -0.15) is 5.26 Å². The van der Waals surface area contributed by atoms with Crippen LogP contribution in [0.25, 0.3) is 22.6 Å². The maximum absolute atomic E-state index is 12.8. The van der Waals surface area contributed by atoms with Gasteiger partial charge in [0, 0.05) is 18.9 Å². The number of sulfone groups is 1. The molecule has 0 aliphatic carbocycles. The van der Waals surface area contributed by atoms with Gasteiger partial charge in [0.25, 0.3) is 0 Å². The molecular weight excluding hydrogens is 362 g/mol. The molecule has 0 fully saturated rings. The molecule has 140 valence electrons. The van der Waals surface area contributed by atoms with E-state index in [1.807, 2.05) is 13.0 Å². The van der Waals surface area contributed by atoms with E-state index < -0.39 is 15.3 Å². The smallest absolute Gasteiger partial charge is 0.180 e. The Morgan fingerprint density at radius 2 is 1.93 bits per heavy atom. The third kappa shape index (κ3) is 3.19. The number of pyridine rings is 2. The van der Waals surface area contributed by atoms with Crippen molar-refractivity contribution in [2.24, 2.45) is 7.05 Å². The number of fused-ring (bicyclic) bond motifs is 1. The molecule has 0 N–H and O–H groups in total. The van der Waals surface area contributed by atoms with Gasteiger partial charge < -0.3 is 4.57 Å². The van der Waals surface area contributed by atoms with Crippen molar-refractivity contribution in [3.05, 3.63) is 35.8 Å². The highest BCUT2D eigenvalue weighted by molar-refractivity contribution is 7.91. The van der Waals surface area contributed by atoms with Crippen LogP contribution in [0.5, 0.6) is 0 Å². The molecule has 0 bridgehead atoms. The molecule has 0 aliphatic heterocycles. The highest BCUT2D eigenvalue weighted by Gasteiger charge is 2.28. The van der Waals surface area contributed by atoms with E-state index in [1.54, 1.807) is 50.8 Å². The predicted molar refractivity (Wildman–Crippen MR) is 103 cm³/mol. The molecule has 0 saturated heterocycles. The number of nitriles is 1. The van der Waals surface area contributed by atoms with E-state index >= 15 is 0 Å². The topological polar surface area (TPSA) is 102 Å². The summed E-state index contributed by atoms with van der Waals surface area (Å²) in [5.74, 6) is 0.383. The number of nitrogens with zero attached hydrogens (tertiary/aromatic N) is 5. The number of imidazole rings is 1. The molecule has 3 aromatic rings. The highest BCUT2D eigenvalue weighted by Crippen LogP contribution is 2.32. The maximum atomic E-state index is 12.8. The lowest BCUT2D eigenvalue weighted by atomic mass is 9.87. The van der Waals surface area contributed by atoms with Crippen LogP contribution >= 0.6 is 0 Å². The number of hydrogen-bond donors (Lipinski definition) is 0. The van der Waals surface area contributed by atoms with Crippen molar-refractivity contribution in [1.29, 1.82) is 5.26 Å². The van der Waals surface area contributed by atoms with Crippen LogP contribution in [0.1, 0.15) is 32.0 Å². The Hall–Kier alpha value is -2.79. The quantitative estimate of drug-likeness (QED) is 0.686. The van der Waals surface area contributed by atoms with Crippen molar-refractivity contribution in [2.75, 3.05) is 5.75 Å². The molecule has 8 heteroatoms. The zero-order valence-corrected chi connectivity index (χ0v) is 16.8. The number of rotatable bonds is 4. The van der Waals surface area contributed by atoms with Crippen LogP contribution < -0.4 is 0 Å². The van der Waals surface area contributed by atoms with E-state index in [1.165, 1.54) is 0 Å². The van der Waals surface area contributed by atoms with Gasteiger partial charge in [0.1, 0.15) is 5.69 Å². The minimum atomic E-state index is -3.57. The third-order valence-corrected chi connectivity index (χ3v) is 6.43. The summed E-state index contributed by atoms with van der Waals surface area (Å²) in [5.41, 5.74) is 2.33. The summed E-state index contributed by atoms with van der Waals surface area (Å²) in [5, 5.41) is 9.40. The molecule has 0 unspecified atom stereocenters. The molecule has 3 heterocycles. The average molecular weight is 383 g/mol. The van der Waals surface area contributed by atoms with Gasteiger partial charge in [0.05, 0.1) is 39.4 Å². The van der Waals surface area contributed by atoms with E-state index in [4.69, 9.17) is 0 Å². The lowest BCUT2D eigenvalue weighted by Crippen LogP contribution is -2.17. The van der Waals surface area contributed by atoms with Gasteiger partial charge in [0.15, 0.2) is 15.7 Å². The zero-order valence-electron chi connectivity index (χ0n) is 16.0. The van der Waals surface area contributed by atoms with Gasteiger partial charge >= 0.3 is 0 Å². The fourth-order valence-electron chi connectivity index (χ4n) is 2.81. The van der Waals surface area contributed by atoms with Crippen LogP contribution in [0.4, 0.5) is 0 Å². The van der Waals surface area contributed by atoms with Crippen LogP contribution in [-0.4, -0.2) is 33.7 Å². The van der Waals surface area contributed by atoms with Crippen molar-refractivity contribution < 1.29 is 8.42 Å². The molecule has 3 aromatic heterocycles. The Morgan fingerprint density at radius 3 is 2.56 bits per heavy atom. The summed E-state index contributed by atoms with van der Waals surface area (Å²) in [6.45, 7) is 6.92. The molecule has 0 atom stereocenters. The van der Waals surface area contributed by atoms with Crippen LogP contribution in [0.3, 0.4) is 0 Å². The first kappa shape index (κ1) is 19.0. The first-order valence-electron chi connectivity index (χ1n) is 8.54. The highest BCUT2D eigenvalue weighted by atomic mass is 32.2. The predicted octanol–water partition coefficient (Wildman–Crippen LogP) is 2.93. The minimum absolute atomic E-state index is 0.0667. The van der Waals surface area contributed by atoms with Gasteiger partial charge in [-0.05, 0) is 38.5 Å². The number of hydrogen-bond acceptors (Lipinski definition) is 6. The standard InChI is InChI=1S/C19H21N5O2S/c1-6-27(25,26)16-8-13(19(3,4)11-20)9-22-17(16)18-23-14-7-12(2)21-10-15(14)24(18)5/h7-10H,6H2,1-5H3. The Morgan fingerprint density at radius 1 is 1.22 bits per heavy atom. The lowest BCUT2D eigenvalue weighted by molar-refractivity contribution is 0.596. The summed E-state index contributed by atoms with van der Waals surface area (Å²) in [4.78, 5) is 13.4. The molecule has 27 heavy (non-hydrogen) atoms. The van der Waals surface area contributed by atoms with E-state index in [0.717, 1.165) is 16.7 Å². The second kappa shape index (κ2) is 6.43. The fourth-order valence-corrected chi connectivity index (χ4v) is 3.87. The second-order valence-corrected chi connectivity index (χ2v) is 9.27. The molecule has 3 rings (SSSR count). The van der Waals surface area contributed by atoms with Crippen LogP contribution in [0.15, 0.2) is 29.4 Å². The molecule has 0 radical (unpaired) electrons. The Bertz CT molecular complexity index is 1190. The van der Waals surface area contributed by atoms with E-state index in [0.29, 0.717) is 11.4 Å². The largest absolute Gasteiger partial charge is 0.324 e. The fraction of sp³-hybridized carbons (Fsp3) is 0.368. The summed E-state index contributed by atoms with van der Waals surface area (Å²) < 4.78 is 27.3. The second-order valence-electron chi connectivity index (χ2n) is 7.02. The van der Waals surface area contributed by atoms with Gasteiger partial charge in [-0.3, -0.25) is 9.97 Å². The Balaban J connectivity index is 2.34. The van der Waals surface area contributed by atoms with Gasteiger partial charge in [-0.15, -0.1) is 0 Å². The molecule has 0 aromatic carbocycles. The summed E-state index contributed by atoms with van der Waals surface area (Å²) >= 11 is 0. The molecule has 0 amide bonds. The molecule has 0 saturated carbocycles. The Labute approximate surface area is 158 Å². The Kier molecular flexibility index (Phi) is 4.52. The normalized spacial score (nSPS) is 12.3. The first-order chi connectivity index (χ1) is 12.6. The minimum Gasteiger partial charge on any atom is -0.324 e. The van der Waals surface area contributed by atoms with Crippen molar-refractivity contribution in [3.63, 3.8) is 0 Å². The van der Waals surface area contributed by atoms with Crippen molar-refractivity contribution in [1.82, 2.24) is 19.5 Å². The van der Waals surface area contributed by atoms with Gasteiger partial charge in [-0.1, -0.05) is 6.92 Å². The summed E-state index contributed by atoms with van der Waals surface area (Å²) in [6, 6.07) is 5.58. The SMILES string of the molecule is CCS(=O)(=O)c1cc(C(C)(C)C#N)cnc1-c1nc2cc(C)ncc2n1C.